The normalized spacial score (nSPS) is 16.0. The number of nitrogens with zero attached hydrogens (tertiary/aromatic N) is 2. The van der Waals surface area contributed by atoms with Gasteiger partial charge in [0.1, 0.15) is 5.75 Å². The highest BCUT2D eigenvalue weighted by molar-refractivity contribution is 6.00. The summed E-state index contributed by atoms with van der Waals surface area (Å²) in [6.07, 6.45) is 0. The van der Waals surface area contributed by atoms with E-state index in [9.17, 15) is 9.59 Å². The monoisotopic (exact) mass is 471 g/mol. The molecule has 2 amide bonds. The fourth-order valence-electron chi connectivity index (χ4n) is 4.59. The van der Waals surface area contributed by atoms with Crippen LogP contribution in [0.3, 0.4) is 0 Å². The minimum absolute atomic E-state index is 0.00976. The van der Waals surface area contributed by atoms with Gasteiger partial charge >= 0.3 is 0 Å². The van der Waals surface area contributed by atoms with E-state index in [2.05, 4.69) is 10.2 Å². The van der Waals surface area contributed by atoms with Crippen LogP contribution in [0.4, 0.5) is 11.4 Å². The summed E-state index contributed by atoms with van der Waals surface area (Å²) in [4.78, 5) is 30.1. The third-order valence-electron chi connectivity index (χ3n) is 6.44. The van der Waals surface area contributed by atoms with Crippen molar-refractivity contribution in [3.05, 3.63) is 90.0 Å². The minimum atomic E-state index is -0.444. The zero-order chi connectivity index (χ0) is 24.0. The third kappa shape index (κ3) is 5.37. The molecule has 5 rings (SSSR count). The summed E-state index contributed by atoms with van der Waals surface area (Å²) in [6, 6.07) is 25.0. The van der Waals surface area contributed by atoms with Gasteiger partial charge in [-0.3, -0.25) is 14.5 Å². The number of fused-ring (bicyclic) bond motifs is 1. The van der Waals surface area contributed by atoms with Crippen LogP contribution in [-0.2, 0) is 14.3 Å². The number of nitrogens with one attached hydrogen (secondary N) is 1. The summed E-state index contributed by atoms with van der Waals surface area (Å²) in [5, 5.41) is 3.05. The molecule has 0 aliphatic carbocycles. The maximum Gasteiger partial charge on any atom is 0.265 e. The zero-order valence-corrected chi connectivity index (χ0v) is 19.6. The number of hydrogen-bond acceptors (Lipinski definition) is 5. The predicted octanol–water partition coefficient (Wildman–Crippen LogP) is 3.51. The van der Waals surface area contributed by atoms with Crippen LogP contribution in [0.2, 0.25) is 0 Å². The van der Waals surface area contributed by atoms with Crippen LogP contribution in [0.15, 0.2) is 78.9 Å². The minimum Gasteiger partial charge on any atom is -0.481 e. The van der Waals surface area contributed by atoms with E-state index in [-0.39, 0.29) is 18.4 Å². The van der Waals surface area contributed by atoms with Crippen LogP contribution in [0.5, 0.6) is 5.75 Å². The van der Waals surface area contributed by atoms with Crippen LogP contribution in [0, 0.1) is 0 Å². The smallest absolute Gasteiger partial charge is 0.265 e. The average molecular weight is 472 g/mol. The van der Waals surface area contributed by atoms with E-state index in [1.165, 1.54) is 0 Å². The highest BCUT2D eigenvalue weighted by atomic mass is 16.5. The molecule has 2 aliphatic heterocycles. The van der Waals surface area contributed by atoms with Crippen LogP contribution in [-0.4, -0.2) is 62.7 Å². The molecule has 7 nitrogen and oxygen atoms in total. The van der Waals surface area contributed by atoms with Gasteiger partial charge in [-0.15, -0.1) is 0 Å². The van der Waals surface area contributed by atoms with Crippen molar-refractivity contribution >= 4 is 23.2 Å². The molecule has 0 saturated carbocycles. The Bertz CT molecular complexity index is 1120. The fraction of sp³-hybridized carbons (Fsp3) is 0.286. The quantitative estimate of drug-likeness (QED) is 0.571. The molecule has 1 N–H and O–H groups in total. The van der Waals surface area contributed by atoms with Gasteiger partial charge in [0.2, 0.25) is 5.91 Å². The van der Waals surface area contributed by atoms with Gasteiger partial charge in [0.25, 0.3) is 5.91 Å². The van der Waals surface area contributed by atoms with Crippen molar-refractivity contribution in [1.82, 2.24) is 4.90 Å². The number of benzene rings is 3. The predicted molar refractivity (Wildman–Crippen MR) is 135 cm³/mol. The van der Waals surface area contributed by atoms with Crippen molar-refractivity contribution in [3.8, 4) is 5.75 Å². The Kier molecular flexibility index (Phi) is 7.07. The number of anilines is 2. The Labute approximate surface area is 205 Å². The Morgan fingerprint density at radius 3 is 2.20 bits per heavy atom. The molecular weight excluding hydrogens is 442 g/mol. The van der Waals surface area contributed by atoms with Gasteiger partial charge in [0, 0.05) is 37.9 Å². The molecular formula is C28H29N3O4. The lowest BCUT2D eigenvalue weighted by atomic mass is 9.90. The Hall–Kier alpha value is -3.68. The number of ether oxygens (including phenoxy) is 2. The molecule has 7 heteroatoms. The number of hydrogen-bond donors (Lipinski definition) is 1. The van der Waals surface area contributed by atoms with Gasteiger partial charge in [-0.2, -0.15) is 0 Å². The molecule has 0 aromatic heterocycles. The molecule has 180 valence electrons. The lowest BCUT2D eigenvalue weighted by molar-refractivity contribution is -0.121. The van der Waals surface area contributed by atoms with Crippen molar-refractivity contribution in [2.45, 2.75) is 5.92 Å². The van der Waals surface area contributed by atoms with E-state index < -0.39 is 5.92 Å². The molecule has 0 bridgehead atoms. The van der Waals surface area contributed by atoms with Gasteiger partial charge < -0.3 is 19.7 Å². The van der Waals surface area contributed by atoms with Crippen LogP contribution < -0.4 is 15.0 Å². The second-order valence-electron chi connectivity index (χ2n) is 8.71. The van der Waals surface area contributed by atoms with Crippen molar-refractivity contribution in [2.24, 2.45) is 0 Å². The van der Waals surface area contributed by atoms with Gasteiger partial charge in [0.15, 0.2) is 6.61 Å². The summed E-state index contributed by atoms with van der Waals surface area (Å²) in [7, 11) is 0. The summed E-state index contributed by atoms with van der Waals surface area (Å²) in [5.74, 6) is -0.0320. The fourth-order valence-corrected chi connectivity index (χ4v) is 4.59. The maximum absolute atomic E-state index is 13.4. The largest absolute Gasteiger partial charge is 0.481 e. The summed E-state index contributed by atoms with van der Waals surface area (Å²) in [6.45, 7) is 4.56. The molecule has 1 saturated heterocycles. The summed E-state index contributed by atoms with van der Waals surface area (Å²) < 4.78 is 11.1. The molecule has 0 spiro atoms. The van der Waals surface area contributed by atoms with E-state index in [1.807, 2.05) is 72.8 Å². The van der Waals surface area contributed by atoms with E-state index in [1.54, 1.807) is 11.0 Å². The van der Waals surface area contributed by atoms with Crippen molar-refractivity contribution < 1.29 is 19.1 Å². The molecule has 3 aromatic carbocycles. The highest BCUT2D eigenvalue weighted by Gasteiger charge is 2.28. The first kappa shape index (κ1) is 23.1. The second-order valence-corrected chi connectivity index (χ2v) is 8.71. The van der Waals surface area contributed by atoms with Gasteiger partial charge in [-0.25, -0.2) is 0 Å². The third-order valence-corrected chi connectivity index (χ3v) is 6.44. The van der Waals surface area contributed by atoms with Crippen LogP contribution in [0.1, 0.15) is 17.0 Å². The molecule has 3 aromatic rings. The molecule has 0 radical (unpaired) electrons. The van der Waals surface area contributed by atoms with Crippen molar-refractivity contribution in [3.63, 3.8) is 0 Å². The molecule has 0 unspecified atom stereocenters. The Balaban J connectivity index is 1.33. The maximum atomic E-state index is 13.4. The van der Waals surface area contributed by atoms with E-state index >= 15 is 0 Å². The molecule has 0 atom stereocenters. The van der Waals surface area contributed by atoms with Crippen LogP contribution >= 0.6 is 0 Å². The van der Waals surface area contributed by atoms with E-state index in [4.69, 9.17) is 9.47 Å². The van der Waals surface area contributed by atoms with Gasteiger partial charge in [0.05, 0.1) is 24.8 Å². The van der Waals surface area contributed by atoms with Gasteiger partial charge in [-0.05, 0) is 23.3 Å². The number of carbonyl (C=O) groups excluding carboxylic acids is 2. The number of carbonyl (C=O) groups is 2. The average Bonchev–Trinajstić information content (AvgIpc) is 2.90. The molecule has 2 aliphatic rings. The molecule has 2 heterocycles. The standard InChI is InChI=1S/C28H29N3O4/c32-26-20-35-25-19-23(11-12-24(25)31(26)14-13-30-15-17-34-18-16-30)29-28(33)27(21-7-3-1-4-8-21)22-9-5-2-6-10-22/h1-12,19,27H,13-18,20H2,(H,29,33). The number of rotatable bonds is 7. The van der Waals surface area contributed by atoms with Gasteiger partial charge in [-0.1, -0.05) is 60.7 Å². The highest BCUT2D eigenvalue weighted by Crippen LogP contribution is 2.35. The topological polar surface area (TPSA) is 71.1 Å². The number of morpholine rings is 1. The first-order valence-corrected chi connectivity index (χ1v) is 12.0. The first-order valence-electron chi connectivity index (χ1n) is 12.0. The zero-order valence-electron chi connectivity index (χ0n) is 19.6. The van der Waals surface area contributed by atoms with Crippen molar-refractivity contribution in [1.29, 1.82) is 0 Å². The van der Waals surface area contributed by atoms with E-state index in [0.29, 0.717) is 18.0 Å². The first-order chi connectivity index (χ1) is 17.2. The molecule has 35 heavy (non-hydrogen) atoms. The second kappa shape index (κ2) is 10.7. The van der Waals surface area contributed by atoms with Crippen molar-refractivity contribution in [2.75, 3.05) is 56.2 Å². The lowest BCUT2D eigenvalue weighted by Crippen LogP contribution is -2.45. The summed E-state index contributed by atoms with van der Waals surface area (Å²) in [5.41, 5.74) is 3.21. The molecule has 1 fully saturated rings. The SMILES string of the molecule is O=C(Nc1ccc2c(c1)OCC(=O)N2CCN1CCOCC1)C(c1ccccc1)c1ccccc1. The lowest BCUT2D eigenvalue weighted by Gasteiger charge is -2.33. The van der Waals surface area contributed by atoms with Crippen LogP contribution in [0.25, 0.3) is 0 Å². The van der Waals surface area contributed by atoms with E-state index in [0.717, 1.165) is 49.7 Å². The number of amides is 2. The summed E-state index contributed by atoms with van der Waals surface area (Å²) >= 11 is 0. The Morgan fingerprint density at radius 2 is 1.54 bits per heavy atom. The Morgan fingerprint density at radius 1 is 0.886 bits per heavy atom.